The lowest BCUT2D eigenvalue weighted by Crippen LogP contribution is -2.01. The molecule has 0 bridgehead atoms. The van der Waals surface area contributed by atoms with Gasteiger partial charge < -0.3 is 11.1 Å². The number of non-ortho nitro benzene ring substituents is 1. The predicted molar refractivity (Wildman–Crippen MR) is 78.3 cm³/mol. The van der Waals surface area contributed by atoms with Gasteiger partial charge in [-0.05, 0) is 31.5 Å². The van der Waals surface area contributed by atoms with E-state index < -0.39 is 0 Å². The molecule has 0 unspecified atom stereocenters. The number of nitro benzene ring substituents is 1. The maximum atomic E-state index is 10.5. The van der Waals surface area contributed by atoms with Crippen molar-refractivity contribution < 1.29 is 4.92 Å². The first-order valence-electron chi connectivity index (χ1n) is 6.92. The molecule has 0 aliphatic carbocycles. The lowest BCUT2D eigenvalue weighted by molar-refractivity contribution is -0.384. The van der Waals surface area contributed by atoms with E-state index in [0.717, 1.165) is 31.6 Å². The largest absolute Gasteiger partial charge is 0.385 e. The molecule has 106 valence electrons. The fourth-order valence-corrected chi connectivity index (χ4v) is 1.91. The van der Waals surface area contributed by atoms with Crippen molar-refractivity contribution in [1.82, 2.24) is 0 Å². The van der Waals surface area contributed by atoms with Gasteiger partial charge >= 0.3 is 0 Å². The van der Waals surface area contributed by atoms with Gasteiger partial charge in [0.1, 0.15) is 0 Å². The molecular weight excluding hydrogens is 242 g/mol. The van der Waals surface area contributed by atoms with E-state index in [1.807, 2.05) is 0 Å². The van der Waals surface area contributed by atoms with Crippen LogP contribution in [0.4, 0.5) is 11.4 Å². The molecule has 0 aliphatic heterocycles. The first kappa shape index (κ1) is 15.4. The molecule has 0 spiro atoms. The molecule has 5 nitrogen and oxygen atoms in total. The molecule has 0 saturated carbocycles. The van der Waals surface area contributed by atoms with Gasteiger partial charge in [-0.1, -0.05) is 25.7 Å². The predicted octanol–water partition coefficient (Wildman–Crippen LogP) is 3.31. The van der Waals surface area contributed by atoms with Crippen molar-refractivity contribution in [3.05, 3.63) is 34.4 Å². The van der Waals surface area contributed by atoms with Crippen LogP contribution in [0.2, 0.25) is 0 Å². The minimum Gasteiger partial charge on any atom is -0.385 e. The van der Waals surface area contributed by atoms with Crippen molar-refractivity contribution in [2.75, 3.05) is 18.4 Å². The molecule has 0 atom stereocenters. The first-order valence-corrected chi connectivity index (χ1v) is 6.92. The van der Waals surface area contributed by atoms with Crippen molar-refractivity contribution in [3.63, 3.8) is 0 Å². The number of hydrogen-bond donors (Lipinski definition) is 2. The van der Waals surface area contributed by atoms with Crippen LogP contribution in [0.15, 0.2) is 24.3 Å². The lowest BCUT2D eigenvalue weighted by Gasteiger charge is -2.06. The normalized spacial score (nSPS) is 10.4. The summed E-state index contributed by atoms with van der Waals surface area (Å²) >= 11 is 0. The Morgan fingerprint density at radius 1 is 1.00 bits per heavy atom. The van der Waals surface area contributed by atoms with Crippen LogP contribution in [-0.4, -0.2) is 18.0 Å². The van der Waals surface area contributed by atoms with E-state index in [-0.39, 0.29) is 10.6 Å². The molecular formula is C14H23N3O2. The Hall–Kier alpha value is -1.62. The van der Waals surface area contributed by atoms with Crippen LogP contribution < -0.4 is 11.1 Å². The Labute approximate surface area is 114 Å². The van der Waals surface area contributed by atoms with Crippen molar-refractivity contribution in [1.29, 1.82) is 0 Å². The highest BCUT2D eigenvalue weighted by molar-refractivity contribution is 5.48. The van der Waals surface area contributed by atoms with Gasteiger partial charge in [-0.3, -0.25) is 10.1 Å². The van der Waals surface area contributed by atoms with E-state index in [0.29, 0.717) is 0 Å². The van der Waals surface area contributed by atoms with Crippen LogP contribution in [0.3, 0.4) is 0 Å². The summed E-state index contributed by atoms with van der Waals surface area (Å²) < 4.78 is 0. The van der Waals surface area contributed by atoms with E-state index in [2.05, 4.69) is 5.32 Å². The molecule has 0 radical (unpaired) electrons. The zero-order valence-electron chi connectivity index (χ0n) is 11.3. The number of unbranched alkanes of at least 4 members (excludes halogenated alkanes) is 5. The van der Waals surface area contributed by atoms with Gasteiger partial charge in [-0.25, -0.2) is 0 Å². The molecule has 0 aromatic heterocycles. The second-order valence-corrected chi connectivity index (χ2v) is 4.64. The van der Waals surface area contributed by atoms with E-state index in [1.54, 1.807) is 12.1 Å². The van der Waals surface area contributed by atoms with Crippen LogP contribution in [0, 0.1) is 10.1 Å². The number of nitrogens with one attached hydrogen (secondary N) is 1. The summed E-state index contributed by atoms with van der Waals surface area (Å²) in [5, 5.41) is 13.8. The van der Waals surface area contributed by atoms with Crippen LogP contribution in [0.1, 0.15) is 38.5 Å². The SMILES string of the molecule is NCCCCCCCCNc1ccc([N+](=O)[O-])cc1. The van der Waals surface area contributed by atoms with Gasteiger partial charge in [0.05, 0.1) is 4.92 Å². The van der Waals surface area contributed by atoms with Gasteiger partial charge in [0.15, 0.2) is 0 Å². The van der Waals surface area contributed by atoms with Crippen LogP contribution in [-0.2, 0) is 0 Å². The Morgan fingerprint density at radius 3 is 2.16 bits per heavy atom. The number of anilines is 1. The second-order valence-electron chi connectivity index (χ2n) is 4.64. The number of nitrogens with zero attached hydrogens (tertiary/aromatic N) is 1. The maximum Gasteiger partial charge on any atom is 0.269 e. The molecule has 3 N–H and O–H groups in total. The Balaban J connectivity index is 2.07. The van der Waals surface area contributed by atoms with Crippen LogP contribution in [0.5, 0.6) is 0 Å². The fraction of sp³-hybridized carbons (Fsp3) is 0.571. The molecule has 0 heterocycles. The molecule has 0 aliphatic rings. The maximum absolute atomic E-state index is 10.5. The highest BCUT2D eigenvalue weighted by Crippen LogP contribution is 2.15. The van der Waals surface area contributed by atoms with Crippen molar-refractivity contribution >= 4 is 11.4 Å². The third kappa shape index (κ3) is 6.76. The Morgan fingerprint density at radius 2 is 1.58 bits per heavy atom. The zero-order valence-corrected chi connectivity index (χ0v) is 11.3. The second kappa shape index (κ2) is 9.33. The minimum absolute atomic E-state index is 0.130. The Kier molecular flexibility index (Phi) is 7.58. The number of rotatable bonds is 10. The molecule has 0 saturated heterocycles. The quantitative estimate of drug-likeness (QED) is 0.386. The van der Waals surface area contributed by atoms with Crippen molar-refractivity contribution in [3.8, 4) is 0 Å². The number of nitro groups is 1. The first-order chi connectivity index (χ1) is 9.24. The van der Waals surface area contributed by atoms with Crippen molar-refractivity contribution in [2.45, 2.75) is 38.5 Å². The summed E-state index contributed by atoms with van der Waals surface area (Å²) in [5.41, 5.74) is 6.50. The third-order valence-electron chi connectivity index (χ3n) is 3.04. The molecule has 0 fully saturated rings. The lowest BCUT2D eigenvalue weighted by atomic mass is 10.1. The zero-order chi connectivity index (χ0) is 13.9. The summed E-state index contributed by atoms with van der Waals surface area (Å²) in [6.07, 6.45) is 7.20. The van der Waals surface area contributed by atoms with Crippen LogP contribution >= 0.6 is 0 Å². The highest BCUT2D eigenvalue weighted by atomic mass is 16.6. The summed E-state index contributed by atoms with van der Waals surface area (Å²) in [6.45, 7) is 1.70. The van der Waals surface area contributed by atoms with Gasteiger partial charge in [-0.2, -0.15) is 0 Å². The van der Waals surface area contributed by atoms with Crippen LogP contribution in [0.25, 0.3) is 0 Å². The van der Waals surface area contributed by atoms with Gasteiger partial charge in [0.2, 0.25) is 0 Å². The minimum atomic E-state index is -0.384. The monoisotopic (exact) mass is 265 g/mol. The molecule has 1 aromatic carbocycles. The summed E-state index contributed by atoms with van der Waals surface area (Å²) in [5.74, 6) is 0. The molecule has 1 aromatic rings. The standard InChI is InChI=1S/C14H23N3O2/c15-11-5-3-1-2-4-6-12-16-13-7-9-14(10-8-13)17(18)19/h7-10,16H,1-6,11-12,15H2. The summed E-state index contributed by atoms with van der Waals surface area (Å²) in [7, 11) is 0. The number of hydrogen-bond acceptors (Lipinski definition) is 4. The summed E-state index contributed by atoms with van der Waals surface area (Å²) in [6, 6.07) is 6.54. The Bertz CT molecular complexity index is 365. The molecule has 0 amide bonds. The van der Waals surface area contributed by atoms with E-state index in [1.165, 1.54) is 37.8 Å². The van der Waals surface area contributed by atoms with E-state index in [4.69, 9.17) is 5.73 Å². The number of benzene rings is 1. The smallest absolute Gasteiger partial charge is 0.269 e. The average Bonchev–Trinajstić information content (AvgIpc) is 2.42. The molecule has 5 heteroatoms. The van der Waals surface area contributed by atoms with Gasteiger partial charge in [0, 0.05) is 24.4 Å². The van der Waals surface area contributed by atoms with E-state index >= 15 is 0 Å². The molecule has 19 heavy (non-hydrogen) atoms. The van der Waals surface area contributed by atoms with Gasteiger partial charge in [0.25, 0.3) is 5.69 Å². The van der Waals surface area contributed by atoms with Crippen molar-refractivity contribution in [2.24, 2.45) is 5.73 Å². The topological polar surface area (TPSA) is 81.2 Å². The summed E-state index contributed by atoms with van der Waals surface area (Å²) in [4.78, 5) is 10.1. The average molecular weight is 265 g/mol. The third-order valence-corrected chi connectivity index (χ3v) is 3.04. The fourth-order valence-electron chi connectivity index (χ4n) is 1.91. The molecule has 1 rings (SSSR count). The number of nitrogens with two attached hydrogens (primary N) is 1. The van der Waals surface area contributed by atoms with Gasteiger partial charge in [-0.15, -0.1) is 0 Å². The van der Waals surface area contributed by atoms with E-state index in [9.17, 15) is 10.1 Å². The highest BCUT2D eigenvalue weighted by Gasteiger charge is 2.02.